The van der Waals surface area contributed by atoms with Crippen LogP contribution in [0.2, 0.25) is 0 Å². The lowest BCUT2D eigenvalue weighted by molar-refractivity contribution is -0.0283. The number of aliphatic hydroxyl groups is 2. The molecule has 0 bridgehead atoms. The second-order valence-corrected chi connectivity index (χ2v) is 5.59. The van der Waals surface area contributed by atoms with Crippen molar-refractivity contribution >= 4 is 0 Å². The van der Waals surface area contributed by atoms with Gasteiger partial charge in [0.1, 0.15) is 0 Å². The molecule has 0 aromatic rings. The average molecular weight is 259 g/mol. The molecule has 1 saturated carbocycles. The molecule has 108 valence electrons. The summed E-state index contributed by atoms with van der Waals surface area (Å²) >= 11 is 0. The standard InChI is InChI=1S/C14H29NO3/c1-3-12(16)8-15-9-13(17)10-18-14-6-4-11(2)5-7-14/h11-17H,3-10H2,1-2H3. The lowest BCUT2D eigenvalue weighted by atomic mass is 9.89. The minimum atomic E-state index is -0.478. The fourth-order valence-corrected chi connectivity index (χ4v) is 2.26. The fourth-order valence-electron chi connectivity index (χ4n) is 2.26. The molecule has 0 aliphatic heterocycles. The van der Waals surface area contributed by atoms with Crippen molar-refractivity contribution < 1.29 is 14.9 Å². The first-order valence-corrected chi connectivity index (χ1v) is 7.30. The van der Waals surface area contributed by atoms with Gasteiger partial charge in [-0.1, -0.05) is 13.8 Å². The molecule has 1 aliphatic carbocycles. The van der Waals surface area contributed by atoms with Crippen LogP contribution >= 0.6 is 0 Å². The molecule has 0 amide bonds. The van der Waals surface area contributed by atoms with E-state index in [1.165, 1.54) is 12.8 Å². The Morgan fingerprint density at radius 1 is 1.11 bits per heavy atom. The zero-order valence-corrected chi connectivity index (χ0v) is 11.8. The number of hydrogen-bond acceptors (Lipinski definition) is 4. The van der Waals surface area contributed by atoms with Gasteiger partial charge < -0.3 is 20.3 Å². The molecule has 1 fully saturated rings. The predicted octanol–water partition coefficient (Wildman–Crippen LogP) is 1.30. The highest BCUT2D eigenvalue weighted by atomic mass is 16.5. The van der Waals surface area contributed by atoms with Gasteiger partial charge in [0.2, 0.25) is 0 Å². The van der Waals surface area contributed by atoms with Crippen LogP contribution in [0.5, 0.6) is 0 Å². The van der Waals surface area contributed by atoms with Crippen LogP contribution < -0.4 is 5.32 Å². The van der Waals surface area contributed by atoms with Crippen molar-refractivity contribution in [1.29, 1.82) is 0 Å². The van der Waals surface area contributed by atoms with E-state index in [2.05, 4.69) is 12.2 Å². The summed E-state index contributed by atoms with van der Waals surface area (Å²) in [5.41, 5.74) is 0. The van der Waals surface area contributed by atoms with Gasteiger partial charge in [0.25, 0.3) is 0 Å². The van der Waals surface area contributed by atoms with Crippen LogP contribution in [0, 0.1) is 5.92 Å². The summed E-state index contributed by atoms with van der Waals surface area (Å²) < 4.78 is 5.72. The fraction of sp³-hybridized carbons (Fsp3) is 1.00. The Morgan fingerprint density at radius 2 is 1.72 bits per heavy atom. The summed E-state index contributed by atoms with van der Waals surface area (Å²) in [6.07, 6.45) is 4.98. The number of rotatable bonds is 8. The summed E-state index contributed by atoms with van der Waals surface area (Å²) in [4.78, 5) is 0. The van der Waals surface area contributed by atoms with Crippen molar-refractivity contribution in [2.45, 2.75) is 64.3 Å². The summed E-state index contributed by atoms with van der Waals surface area (Å²) in [6, 6.07) is 0. The van der Waals surface area contributed by atoms with E-state index >= 15 is 0 Å². The van der Waals surface area contributed by atoms with E-state index in [1.807, 2.05) is 6.92 Å². The molecule has 2 unspecified atom stereocenters. The van der Waals surface area contributed by atoms with Gasteiger partial charge in [-0.3, -0.25) is 0 Å². The first-order valence-electron chi connectivity index (χ1n) is 7.30. The molecule has 4 heteroatoms. The Balaban J connectivity index is 2.01. The molecule has 0 spiro atoms. The van der Waals surface area contributed by atoms with Gasteiger partial charge in [-0.05, 0) is 38.0 Å². The molecule has 18 heavy (non-hydrogen) atoms. The lowest BCUT2D eigenvalue weighted by Gasteiger charge is -2.27. The maximum absolute atomic E-state index is 9.75. The molecule has 2 atom stereocenters. The molecule has 0 aromatic carbocycles. The molecular formula is C14H29NO3. The van der Waals surface area contributed by atoms with Crippen LogP contribution in [0.4, 0.5) is 0 Å². The van der Waals surface area contributed by atoms with Crippen LogP contribution in [0.1, 0.15) is 46.0 Å². The van der Waals surface area contributed by atoms with Gasteiger partial charge >= 0.3 is 0 Å². The molecule has 0 heterocycles. The van der Waals surface area contributed by atoms with Gasteiger partial charge in [0.15, 0.2) is 0 Å². The van der Waals surface area contributed by atoms with Crippen molar-refractivity contribution in [3.8, 4) is 0 Å². The van der Waals surface area contributed by atoms with Gasteiger partial charge in [-0.25, -0.2) is 0 Å². The van der Waals surface area contributed by atoms with Crippen molar-refractivity contribution in [1.82, 2.24) is 5.32 Å². The highest BCUT2D eigenvalue weighted by molar-refractivity contribution is 4.71. The van der Waals surface area contributed by atoms with E-state index in [-0.39, 0.29) is 6.10 Å². The van der Waals surface area contributed by atoms with Crippen molar-refractivity contribution in [3.63, 3.8) is 0 Å². The Bertz CT molecular complexity index is 205. The summed E-state index contributed by atoms with van der Waals surface area (Å²) in [7, 11) is 0. The lowest BCUT2D eigenvalue weighted by Crippen LogP contribution is -2.36. The minimum absolute atomic E-state index is 0.321. The second kappa shape index (κ2) is 8.86. The zero-order valence-electron chi connectivity index (χ0n) is 11.8. The SMILES string of the molecule is CCC(O)CNCC(O)COC1CCC(C)CC1. The zero-order chi connectivity index (χ0) is 13.4. The molecule has 0 aromatic heterocycles. The molecule has 3 N–H and O–H groups in total. The normalized spacial score (nSPS) is 28.0. The Hall–Kier alpha value is -0.160. The average Bonchev–Trinajstić information content (AvgIpc) is 2.38. The summed E-state index contributed by atoms with van der Waals surface area (Å²) in [6.45, 7) is 5.65. The Morgan fingerprint density at radius 3 is 2.33 bits per heavy atom. The van der Waals surface area contributed by atoms with E-state index in [1.54, 1.807) is 0 Å². The van der Waals surface area contributed by atoms with E-state index < -0.39 is 6.10 Å². The maximum Gasteiger partial charge on any atom is 0.0897 e. The van der Waals surface area contributed by atoms with Gasteiger partial charge in [-0.2, -0.15) is 0 Å². The van der Waals surface area contributed by atoms with Crippen LogP contribution in [0.15, 0.2) is 0 Å². The maximum atomic E-state index is 9.75. The third-order valence-corrected chi connectivity index (χ3v) is 3.72. The Kier molecular flexibility index (Phi) is 7.82. The molecule has 4 nitrogen and oxygen atoms in total. The first-order chi connectivity index (χ1) is 8.61. The smallest absolute Gasteiger partial charge is 0.0897 e. The van der Waals surface area contributed by atoms with E-state index in [0.29, 0.717) is 25.8 Å². The Labute approximate surface area is 111 Å². The van der Waals surface area contributed by atoms with Crippen LogP contribution in [0.3, 0.4) is 0 Å². The van der Waals surface area contributed by atoms with Crippen LogP contribution in [-0.4, -0.2) is 48.2 Å². The van der Waals surface area contributed by atoms with Crippen molar-refractivity contribution in [3.05, 3.63) is 0 Å². The number of ether oxygens (including phenoxy) is 1. The van der Waals surface area contributed by atoms with Crippen LogP contribution in [-0.2, 0) is 4.74 Å². The second-order valence-electron chi connectivity index (χ2n) is 5.59. The van der Waals surface area contributed by atoms with Gasteiger partial charge in [0.05, 0.1) is 24.9 Å². The molecule has 1 rings (SSSR count). The molecule has 0 radical (unpaired) electrons. The highest BCUT2D eigenvalue weighted by Crippen LogP contribution is 2.25. The van der Waals surface area contributed by atoms with Gasteiger partial charge in [-0.15, -0.1) is 0 Å². The number of nitrogens with one attached hydrogen (secondary N) is 1. The molecule has 0 saturated heterocycles. The van der Waals surface area contributed by atoms with E-state index in [9.17, 15) is 10.2 Å². The topological polar surface area (TPSA) is 61.7 Å². The summed E-state index contributed by atoms with van der Waals surface area (Å²) in [5.74, 6) is 0.826. The predicted molar refractivity (Wildman–Crippen MR) is 72.5 cm³/mol. The van der Waals surface area contributed by atoms with Crippen LogP contribution in [0.25, 0.3) is 0 Å². The number of hydrogen-bond donors (Lipinski definition) is 3. The van der Waals surface area contributed by atoms with E-state index in [4.69, 9.17) is 4.74 Å². The highest BCUT2D eigenvalue weighted by Gasteiger charge is 2.19. The van der Waals surface area contributed by atoms with Crippen molar-refractivity contribution in [2.75, 3.05) is 19.7 Å². The van der Waals surface area contributed by atoms with Crippen molar-refractivity contribution in [2.24, 2.45) is 5.92 Å². The quantitative estimate of drug-likeness (QED) is 0.615. The first kappa shape index (κ1) is 15.9. The number of aliphatic hydroxyl groups excluding tert-OH is 2. The van der Waals surface area contributed by atoms with E-state index in [0.717, 1.165) is 25.2 Å². The monoisotopic (exact) mass is 259 g/mol. The third-order valence-electron chi connectivity index (χ3n) is 3.72. The molecule has 1 aliphatic rings. The molecular weight excluding hydrogens is 230 g/mol. The minimum Gasteiger partial charge on any atom is -0.392 e. The van der Waals surface area contributed by atoms with Gasteiger partial charge in [0, 0.05) is 13.1 Å². The largest absolute Gasteiger partial charge is 0.392 e. The third kappa shape index (κ3) is 6.69. The summed E-state index contributed by atoms with van der Waals surface area (Å²) in [5, 5.41) is 22.2.